The molecule has 0 N–H and O–H groups in total. The van der Waals surface area contributed by atoms with Gasteiger partial charge in [0.25, 0.3) is 0 Å². The van der Waals surface area contributed by atoms with Crippen molar-refractivity contribution in [2.24, 2.45) is 17.3 Å². The van der Waals surface area contributed by atoms with Gasteiger partial charge in [0.1, 0.15) is 5.78 Å². The third kappa shape index (κ3) is 0.740. The van der Waals surface area contributed by atoms with Crippen LogP contribution < -0.4 is 0 Å². The predicted molar refractivity (Wildman–Crippen MR) is 37.1 cm³/mol. The number of ketones is 1. The van der Waals surface area contributed by atoms with Crippen LogP contribution in [0.3, 0.4) is 0 Å². The summed E-state index contributed by atoms with van der Waals surface area (Å²) in [5, 5.41) is 8.56. The molecule has 1 fully saturated rings. The Balaban J connectivity index is 2.73. The Kier molecular flexibility index (Phi) is 1.32. The zero-order chi connectivity index (χ0) is 7.94. The lowest BCUT2D eigenvalue weighted by molar-refractivity contribution is -0.118. The van der Waals surface area contributed by atoms with E-state index >= 15 is 0 Å². The first-order chi connectivity index (χ1) is 4.51. The summed E-state index contributed by atoms with van der Waals surface area (Å²) in [6, 6.07) is 2.14. The molecule has 2 heteroatoms. The van der Waals surface area contributed by atoms with E-state index in [1.807, 2.05) is 13.8 Å². The summed E-state index contributed by atoms with van der Waals surface area (Å²) in [7, 11) is 0. The van der Waals surface area contributed by atoms with Gasteiger partial charge in [-0.3, -0.25) is 4.79 Å². The van der Waals surface area contributed by atoms with Gasteiger partial charge in [-0.05, 0) is 12.3 Å². The molecule has 0 saturated heterocycles. The van der Waals surface area contributed by atoms with Crippen molar-refractivity contribution in [3.63, 3.8) is 0 Å². The van der Waals surface area contributed by atoms with Gasteiger partial charge in [0.15, 0.2) is 0 Å². The summed E-state index contributed by atoms with van der Waals surface area (Å²) < 4.78 is 0. The average Bonchev–Trinajstić information content (AvgIpc) is 2.33. The summed E-state index contributed by atoms with van der Waals surface area (Å²) in [4.78, 5) is 10.8. The van der Waals surface area contributed by atoms with E-state index < -0.39 is 0 Å². The fraction of sp³-hybridized carbons (Fsp3) is 0.750. The van der Waals surface area contributed by atoms with Gasteiger partial charge in [-0.1, -0.05) is 13.8 Å². The van der Waals surface area contributed by atoms with E-state index in [0.29, 0.717) is 0 Å². The van der Waals surface area contributed by atoms with Crippen molar-refractivity contribution in [3.05, 3.63) is 0 Å². The maximum atomic E-state index is 10.8. The standard InChI is InChI=1S/C8H11NO/c1-5(10)7-6(4-9)8(7,2)3/h6-7H,1-3H3/t6-,7+/m1/s1. The zero-order valence-electron chi connectivity index (χ0n) is 6.51. The number of hydrogen-bond donors (Lipinski definition) is 0. The smallest absolute Gasteiger partial charge is 0.134 e. The number of carbonyl (C=O) groups is 1. The number of Topliss-reactive ketones (excluding diaryl/α,β-unsaturated/α-hetero) is 1. The molecule has 54 valence electrons. The highest BCUT2D eigenvalue weighted by Crippen LogP contribution is 2.57. The molecule has 2 nitrogen and oxygen atoms in total. The highest BCUT2D eigenvalue weighted by atomic mass is 16.1. The molecule has 0 aliphatic heterocycles. The Morgan fingerprint density at radius 3 is 2.20 bits per heavy atom. The molecule has 0 bridgehead atoms. The largest absolute Gasteiger partial charge is 0.300 e. The summed E-state index contributed by atoms with van der Waals surface area (Å²) in [5.41, 5.74) is -0.0550. The van der Waals surface area contributed by atoms with Crippen LogP contribution in [0.25, 0.3) is 0 Å². The topological polar surface area (TPSA) is 40.9 Å². The SMILES string of the molecule is CC(=O)[C@H]1[C@@H](C#N)C1(C)C. The van der Waals surface area contributed by atoms with Gasteiger partial charge in [0.05, 0.1) is 12.0 Å². The van der Waals surface area contributed by atoms with Crippen molar-refractivity contribution in [3.8, 4) is 6.07 Å². The van der Waals surface area contributed by atoms with Gasteiger partial charge < -0.3 is 0 Å². The Morgan fingerprint density at radius 1 is 1.60 bits per heavy atom. The molecule has 0 amide bonds. The zero-order valence-corrected chi connectivity index (χ0v) is 6.51. The molecule has 0 aromatic carbocycles. The van der Waals surface area contributed by atoms with Crippen molar-refractivity contribution in [2.75, 3.05) is 0 Å². The minimum absolute atomic E-state index is 0.00231. The van der Waals surface area contributed by atoms with Crippen LogP contribution in [0, 0.1) is 28.6 Å². The average molecular weight is 137 g/mol. The van der Waals surface area contributed by atoms with Crippen LogP contribution in [0.15, 0.2) is 0 Å². The molecule has 2 atom stereocenters. The lowest BCUT2D eigenvalue weighted by atomic mass is 10.1. The summed E-state index contributed by atoms with van der Waals surface area (Å²) in [6.07, 6.45) is 0. The van der Waals surface area contributed by atoms with Gasteiger partial charge in [-0.25, -0.2) is 0 Å². The Labute approximate surface area is 60.8 Å². The molecule has 1 aliphatic carbocycles. The van der Waals surface area contributed by atoms with Crippen LogP contribution >= 0.6 is 0 Å². The van der Waals surface area contributed by atoms with Crippen molar-refractivity contribution < 1.29 is 4.79 Å². The Morgan fingerprint density at radius 2 is 2.10 bits per heavy atom. The first kappa shape index (κ1) is 7.27. The van der Waals surface area contributed by atoms with Crippen molar-refractivity contribution in [1.29, 1.82) is 5.26 Å². The number of rotatable bonds is 1. The highest BCUT2D eigenvalue weighted by molar-refractivity contribution is 5.83. The van der Waals surface area contributed by atoms with E-state index in [1.165, 1.54) is 0 Å². The van der Waals surface area contributed by atoms with E-state index in [9.17, 15) is 4.79 Å². The van der Waals surface area contributed by atoms with Crippen LogP contribution in [0.1, 0.15) is 20.8 Å². The molecule has 0 heterocycles. The van der Waals surface area contributed by atoms with Gasteiger partial charge in [-0.2, -0.15) is 5.26 Å². The maximum Gasteiger partial charge on any atom is 0.134 e. The van der Waals surface area contributed by atoms with E-state index in [4.69, 9.17) is 5.26 Å². The van der Waals surface area contributed by atoms with E-state index in [0.717, 1.165) is 0 Å². The monoisotopic (exact) mass is 137 g/mol. The van der Waals surface area contributed by atoms with Crippen LogP contribution in [0.5, 0.6) is 0 Å². The summed E-state index contributed by atoms with van der Waals surface area (Å²) in [6.45, 7) is 5.49. The van der Waals surface area contributed by atoms with Crippen molar-refractivity contribution >= 4 is 5.78 Å². The van der Waals surface area contributed by atoms with E-state index in [1.54, 1.807) is 6.92 Å². The third-order valence-corrected chi connectivity index (χ3v) is 2.40. The normalized spacial score (nSPS) is 34.6. The lowest BCUT2D eigenvalue weighted by Crippen LogP contribution is -1.99. The second-order valence-electron chi connectivity index (χ2n) is 3.52. The van der Waals surface area contributed by atoms with Gasteiger partial charge in [0.2, 0.25) is 0 Å². The predicted octanol–water partition coefficient (Wildman–Crippen LogP) is 1.37. The number of hydrogen-bond acceptors (Lipinski definition) is 2. The van der Waals surface area contributed by atoms with Gasteiger partial charge in [-0.15, -0.1) is 0 Å². The first-order valence-electron chi connectivity index (χ1n) is 3.42. The van der Waals surface area contributed by atoms with Crippen LogP contribution in [0.2, 0.25) is 0 Å². The highest BCUT2D eigenvalue weighted by Gasteiger charge is 2.60. The van der Waals surface area contributed by atoms with Crippen LogP contribution in [-0.4, -0.2) is 5.78 Å². The molecule has 1 saturated carbocycles. The molecule has 0 unspecified atom stereocenters. The number of carbonyl (C=O) groups excluding carboxylic acids is 1. The Hall–Kier alpha value is -0.840. The number of nitriles is 1. The lowest BCUT2D eigenvalue weighted by Gasteiger charge is -1.95. The molecule has 1 rings (SSSR count). The molecule has 10 heavy (non-hydrogen) atoms. The van der Waals surface area contributed by atoms with Crippen molar-refractivity contribution in [2.45, 2.75) is 20.8 Å². The second kappa shape index (κ2) is 1.82. The van der Waals surface area contributed by atoms with Crippen LogP contribution in [0.4, 0.5) is 0 Å². The molecule has 1 aliphatic rings. The minimum atomic E-state index is -0.0550. The summed E-state index contributed by atoms with van der Waals surface area (Å²) in [5.74, 6) is 0.110. The molecular formula is C8H11NO. The molecule has 0 aromatic rings. The van der Waals surface area contributed by atoms with Crippen molar-refractivity contribution in [1.82, 2.24) is 0 Å². The summed E-state index contributed by atoms with van der Waals surface area (Å²) >= 11 is 0. The molecule has 0 aromatic heterocycles. The maximum absolute atomic E-state index is 10.8. The Bertz CT molecular complexity index is 212. The first-order valence-corrected chi connectivity index (χ1v) is 3.42. The molecule has 0 radical (unpaired) electrons. The van der Waals surface area contributed by atoms with Gasteiger partial charge in [0, 0.05) is 5.92 Å². The van der Waals surface area contributed by atoms with Gasteiger partial charge >= 0.3 is 0 Å². The fourth-order valence-electron chi connectivity index (χ4n) is 1.64. The fourth-order valence-corrected chi connectivity index (χ4v) is 1.64. The minimum Gasteiger partial charge on any atom is -0.300 e. The quantitative estimate of drug-likeness (QED) is 0.547. The number of nitrogens with zero attached hydrogens (tertiary/aromatic N) is 1. The van der Waals surface area contributed by atoms with E-state index in [-0.39, 0.29) is 23.0 Å². The third-order valence-electron chi connectivity index (χ3n) is 2.40. The molecule has 0 spiro atoms. The van der Waals surface area contributed by atoms with Crippen LogP contribution in [-0.2, 0) is 4.79 Å². The molecular weight excluding hydrogens is 126 g/mol. The second-order valence-corrected chi connectivity index (χ2v) is 3.52. The van der Waals surface area contributed by atoms with E-state index in [2.05, 4.69) is 6.07 Å².